The highest BCUT2D eigenvalue weighted by Crippen LogP contribution is 2.46. The number of pyridine rings is 2. The van der Waals surface area contributed by atoms with Gasteiger partial charge in [-0.25, -0.2) is 14.4 Å². The molecule has 0 bridgehead atoms. The van der Waals surface area contributed by atoms with Gasteiger partial charge in [0.05, 0.1) is 30.6 Å². The molecule has 0 saturated heterocycles. The molecule has 5 rings (SSSR count). The fraction of sp³-hybridized carbons (Fsp3) is 0.323. The number of nitrogens with one attached hydrogen (secondary N) is 1. The number of alkyl halides is 3. The van der Waals surface area contributed by atoms with Crippen molar-refractivity contribution in [1.29, 1.82) is 0 Å². The molecule has 2 aromatic heterocycles. The molecule has 2 aromatic carbocycles. The first kappa shape index (κ1) is 31.1. The maximum atomic E-state index is 14.6. The van der Waals surface area contributed by atoms with Crippen LogP contribution in [-0.2, 0) is 16.7 Å². The van der Waals surface area contributed by atoms with Gasteiger partial charge in [0, 0.05) is 22.1 Å². The molecular formula is C31H30F4N4O5. The highest BCUT2D eigenvalue weighted by molar-refractivity contribution is 6.00. The lowest BCUT2D eigenvalue weighted by Gasteiger charge is -2.31. The summed E-state index contributed by atoms with van der Waals surface area (Å²) >= 11 is 0. The number of fused-ring (bicyclic) bond motifs is 2. The largest absolute Gasteiger partial charge is 0.494 e. The van der Waals surface area contributed by atoms with Crippen LogP contribution in [0.5, 0.6) is 11.5 Å². The number of aromatic nitrogens is 2. The van der Waals surface area contributed by atoms with E-state index in [0.717, 1.165) is 18.2 Å². The molecule has 1 aliphatic heterocycles. The lowest BCUT2D eigenvalue weighted by Crippen LogP contribution is -2.51. The van der Waals surface area contributed by atoms with Crippen LogP contribution >= 0.6 is 0 Å². The maximum absolute atomic E-state index is 14.6. The van der Waals surface area contributed by atoms with E-state index in [0.29, 0.717) is 16.6 Å². The number of methoxy groups -OCH3 is 1. The number of carbonyl (C=O) groups is 1. The van der Waals surface area contributed by atoms with Gasteiger partial charge in [-0.3, -0.25) is 4.79 Å². The van der Waals surface area contributed by atoms with Gasteiger partial charge in [0.25, 0.3) is 5.91 Å². The van der Waals surface area contributed by atoms with Crippen molar-refractivity contribution in [2.24, 2.45) is 5.73 Å². The summed E-state index contributed by atoms with van der Waals surface area (Å²) in [5, 5.41) is 24.1. The van der Waals surface area contributed by atoms with Gasteiger partial charge in [0.2, 0.25) is 5.60 Å². The number of aliphatic hydroxyl groups is 2. The first-order valence-electron chi connectivity index (χ1n) is 13.5. The van der Waals surface area contributed by atoms with Crippen LogP contribution in [0.4, 0.5) is 17.6 Å². The molecule has 9 nitrogen and oxygen atoms in total. The second-order valence-corrected chi connectivity index (χ2v) is 11.5. The van der Waals surface area contributed by atoms with Crippen molar-refractivity contribution in [3.05, 3.63) is 82.9 Å². The zero-order valence-corrected chi connectivity index (χ0v) is 24.2. The van der Waals surface area contributed by atoms with Crippen LogP contribution in [0.25, 0.3) is 22.2 Å². The third-order valence-electron chi connectivity index (χ3n) is 7.49. The third kappa shape index (κ3) is 5.53. The lowest BCUT2D eigenvalue weighted by molar-refractivity contribution is -0.265. The fourth-order valence-electron chi connectivity index (χ4n) is 4.89. The highest BCUT2D eigenvalue weighted by Gasteiger charge is 2.57. The summed E-state index contributed by atoms with van der Waals surface area (Å²) in [6.07, 6.45) is -5.30. The number of ether oxygens (including phenoxy) is 2. The van der Waals surface area contributed by atoms with E-state index in [4.69, 9.17) is 15.2 Å². The predicted octanol–water partition coefficient (Wildman–Crippen LogP) is 4.42. The Balaban J connectivity index is 1.53. The van der Waals surface area contributed by atoms with Gasteiger partial charge < -0.3 is 30.7 Å². The number of amides is 1. The first-order valence-corrected chi connectivity index (χ1v) is 13.5. The van der Waals surface area contributed by atoms with E-state index >= 15 is 0 Å². The van der Waals surface area contributed by atoms with Gasteiger partial charge >= 0.3 is 6.18 Å². The highest BCUT2D eigenvalue weighted by atomic mass is 19.4. The molecule has 4 aromatic rings. The Kier molecular flexibility index (Phi) is 7.55. The van der Waals surface area contributed by atoms with E-state index in [1.54, 1.807) is 32.9 Å². The van der Waals surface area contributed by atoms with Crippen molar-refractivity contribution < 1.29 is 42.0 Å². The number of hydrogen-bond acceptors (Lipinski definition) is 8. The Hall–Kier alpha value is -4.33. The van der Waals surface area contributed by atoms with Crippen molar-refractivity contribution in [1.82, 2.24) is 15.3 Å². The van der Waals surface area contributed by atoms with Gasteiger partial charge in [0.15, 0.2) is 5.75 Å². The molecule has 2 unspecified atom stereocenters. The molecule has 44 heavy (non-hydrogen) atoms. The van der Waals surface area contributed by atoms with Gasteiger partial charge in [-0.05, 0) is 69.3 Å². The monoisotopic (exact) mass is 614 g/mol. The zero-order valence-electron chi connectivity index (χ0n) is 24.2. The van der Waals surface area contributed by atoms with Crippen molar-refractivity contribution in [2.75, 3.05) is 20.3 Å². The summed E-state index contributed by atoms with van der Waals surface area (Å²) in [5.74, 6) is -1.24. The van der Waals surface area contributed by atoms with Gasteiger partial charge in [0.1, 0.15) is 35.0 Å². The minimum Gasteiger partial charge on any atom is -0.494 e. The number of nitrogens with zero attached hydrogens (tertiary/aromatic N) is 2. The standard InChI is InChI=1S/C31H30F4N4O5/c1-28(2,41)22-10-7-17-11-18(12-21(43-4)24(17)38-22)27(40)37-14-30(42,31(33,34)35)23-13-20-26(44-15-29(20,3)36)25(39-23)16-5-8-19(32)9-6-16/h5-13,41-42H,14-15,36H2,1-4H3,(H,37,40). The number of benzene rings is 2. The van der Waals surface area contributed by atoms with E-state index < -0.39 is 46.9 Å². The van der Waals surface area contributed by atoms with E-state index in [1.165, 1.54) is 31.4 Å². The molecule has 5 N–H and O–H groups in total. The normalized spacial score (nSPS) is 18.0. The van der Waals surface area contributed by atoms with Crippen molar-refractivity contribution in [3.63, 3.8) is 0 Å². The Morgan fingerprint density at radius 3 is 2.36 bits per heavy atom. The number of nitrogens with two attached hydrogens (primary N) is 1. The van der Waals surface area contributed by atoms with E-state index in [2.05, 4.69) is 15.3 Å². The summed E-state index contributed by atoms with van der Waals surface area (Å²) in [5.41, 5.74) is 0.282. The Morgan fingerprint density at radius 2 is 1.75 bits per heavy atom. The molecule has 1 aliphatic rings. The number of halogens is 4. The SMILES string of the molecule is COc1cc(C(=O)NCC(O)(c2cc3c(c(-c4ccc(F)cc4)n2)OCC3(C)N)C(F)(F)F)cc2ccc(C(C)(C)O)nc12. The van der Waals surface area contributed by atoms with Crippen LogP contribution in [0.3, 0.4) is 0 Å². The van der Waals surface area contributed by atoms with Gasteiger partial charge in [-0.2, -0.15) is 13.2 Å². The van der Waals surface area contributed by atoms with Crippen molar-refractivity contribution >= 4 is 16.8 Å². The van der Waals surface area contributed by atoms with Crippen LogP contribution in [-0.4, -0.2) is 52.5 Å². The number of carbonyl (C=O) groups excluding carboxylic acids is 1. The summed E-state index contributed by atoms with van der Waals surface area (Å²) in [7, 11) is 1.34. The minimum atomic E-state index is -5.30. The molecule has 0 radical (unpaired) electrons. The average Bonchev–Trinajstić information content (AvgIpc) is 3.27. The molecule has 0 fully saturated rings. The maximum Gasteiger partial charge on any atom is 0.424 e. The van der Waals surface area contributed by atoms with Crippen LogP contribution < -0.4 is 20.5 Å². The van der Waals surface area contributed by atoms with E-state index in [9.17, 15) is 32.6 Å². The average molecular weight is 615 g/mol. The molecule has 13 heteroatoms. The van der Waals surface area contributed by atoms with Crippen molar-refractivity contribution in [2.45, 2.75) is 43.7 Å². The van der Waals surface area contributed by atoms with Gasteiger partial charge in [-0.1, -0.05) is 6.07 Å². The zero-order chi connectivity index (χ0) is 32.2. The lowest BCUT2D eigenvalue weighted by atomic mass is 9.89. The second kappa shape index (κ2) is 10.7. The van der Waals surface area contributed by atoms with E-state index in [-0.39, 0.29) is 40.5 Å². The molecule has 1 amide bonds. The Morgan fingerprint density at radius 1 is 1.07 bits per heavy atom. The summed E-state index contributed by atoms with van der Waals surface area (Å²) in [6.45, 7) is 3.28. The minimum absolute atomic E-state index is 0.0615. The first-order chi connectivity index (χ1) is 20.4. The molecule has 232 valence electrons. The third-order valence-corrected chi connectivity index (χ3v) is 7.49. The Labute approximate surface area is 249 Å². The summed E-state index contributed by atoms with van der Waals surface area (Å²) in [6, 6.07) is 11.7. The smallest absolute Gasteiger partial charge is 0.424 e. The number of hydrogen-bond donors (Lipinski definition) is 4. The fourth-order valence-corrected chi connectivity index (χ4v) is 4.89. The molecule has 3 heterocycles. The molecule has 0 spiro atoms. The second-order valence-electron chi connectivity index (χ2n) is 11.5. The Bertz CT molecular complexity index is 1750. The molecule has 0 aliphatic carbocycles. The molecule has 2 atom stereocenters. The number of rotatable bonds is 7. The van der Waals surface area contributed by atoms with Crippen LogP contribution in [0.2, 0.25) is 0 Å². The summed E-state index contributed by atoms with van der Waals surface area (Å²) < 4.78 is 68.6. The molecule has 0 saturated carbocycles. The quantitative estimate of drug-likeness (QED) is 0.225. The van der Waals surface area contributed by atoms with Gasteiger partial charge in [-0.15, -0.1) is 0 Å². The molecular weight excluding hydrogens is 584 g/mol. The van der Waals surface area contributed by atoms with Crippen molar-refractivity contribution in [3.8, 4) is 22.8 Å². The van der Waals surface area contributed by atoms with Crippen LogP contribution in [0, 0.1) is 5.82 Å². The van der Waals surface area contributed by atoms with Crippen LogP contribution in [0.1, 0.15) is 48.1 Å². The van der Waals surface area contributed by atoms with E-state index in [1.807, 2.05) is 0 Å². The topological polar surface area (TPSA) is 140 Å². The predicted molar refractivity (Wildman–Crippen MR) is 152 cm³/mol. The van der Waals surface area contributed by atoms with Crippen LogP contribution in [0.15, 0.2) is 54.6 Å². The summed E-state index contributed by atoms with van der Waals surface area (Å²) in [4.78, 5) is 21.7.